The molecule has 0 aromatic heterocycles. The van der Waals surface area contributed by atoms with Crippen LogP contribution in [0.1, 0.15) is 119 Å². The number of carbonyl (C=O) groups excluding carboxylic acids is 1. The number of aliphatic hydroxyl groups is 1. The number of carbonyl (C=O) groups is 2. The molecule has 0 heterocycles. The topological polar surface area (TPSA) is 74.6 Å². The Labute approximate surface area is 329 Å². The van der Waals surface area contributed by atoms with Gasteiger partial charge in [-0.1, -0.05) is 151 Å². The Morgan fingerprint density at radius 2 is 1.26 bits per heavy atom. The summed E-state index contributed by atoms with van der Waals surface area (Å²) in [6.07, 6.45) is 51.7. The van der Waals surface area contributed by atoms with E-state index in [0.717, 1.165) is 81.6 Å². The molecule has 0 saturated carbocycles. The summed E-state index contributed by atoms with van der Waals surface area (Å²) < 4.78 is 0. The summed E-state index contributed by atoms with van der Waals surface area (Å²) in [4.78, 5) is 21.2. The molecular formula is C50H70O4. The number of carboxylic acid groups (broad SMARTS) is 1. The van der Waals surface area contributed by atoms with E-state index in [1.54, 1.807) is 19.1 Å². The van der Waals surface area contributed by atoms with Crippen LogP contribution in [0.15, 0.2) is 167 Å². The van der Waals surface area contributed by atoms with Crippen LogP contribution in [0.4, 0.5) is 0 Å². The third-order valence-corrected chi connectivity index (χ3v) is 8.49. The first kappa shape index (κ1) is 49.5. The normalized spacial score (nSPS) is 15.8. The van der Waals surface area contributed by atoms with E-state index in [9.17, 15) is 14.7 Å². The second-order valence-electron chi connectivity index (χ2n) is 14.2. The third-order valence-electron chi connectivity index (χ3n) is 8.49. The largest absolute Gasteiger partial charge is 0.478 e. The highest BCUT2D eigenvalue weighted by atomic mass is 16.4. The minimum atomic E-state index is -0.912. The predicted octanol–water partition coefficient (Wildman–Crippen LogP) is 13.7. The van der Waals surface area contributed by atoms with Crippen LogP contribution < -0.4 is 0 Å². The number of aliphatic hydroxyl groups excluding tert-OH is 1. The van der Waals surface area contributed by atoms with Crippen LogP contribution in [0.2, 0.25) is 0 Å². The molecule has 294 valence electrons. The number of aliphatic carboxylic acids is 1. The zero-order chi connectivity index (χ0) is 40.4. The van der Waals surface area contributed by atoms with Crippen molar-refractivity contribution in [3.63, 3.8) is 0 Å². The number of allylic oxidation sites excluding steroid dienone is 24. The van der Waals surface area contributed by atoms with E-state index in [1.165, 1.54) is 28.4 Å². The van der Waals surface area contributed by atoms with E-state index in [2.05, 4.69) is 126 Å². The van der Waals surface area contributed by atoms with Gasteiger partial charge in [0.2, 0.25) is 0 Å². The average molecular weight is 735 g/mol. The van der Waals surface area contributed by atoms with Crippen LogP contribution in [0, 0.1) is 5.92 Å². The van der Waals surface area contributed by atoms with Crippen LogP contribution in [-0.4, -0.2) is 28.6 Å². The number of aldehydes is 1. The molecule has 4 nitrogen and oxygen atoms in total. The summed E-state index contributed by atoms with van der Waals surface area (Å²) in [7, 11) is 0. The highest BCUT2D eigenvalue weighted by Crippen LogP contribution is 2.14. The lowest BCUT2D eigenvalue weighted by Gasteiger charge is -2.05. The monoisotopic (exact) mass is 735 g/mol. The van der Waals surface area contributed by atoms with Crippen molar-refractivity contribution in [3.05, 3.63) is 167 Å². The fraction of sp³-hybridized carbons (Fsp3) is 0.400. The lowest BCUT2D eigenvalue weighted by atomic mass is 10.0. The van der Waals surface area contributed by atoms with E-state index in [-0.39, 0.29) is 0 Å². The molecule has 54 heavy (non-hydrogen) atoms. The van der Waals surface area contributed by atoms with Gasteiger partial charge in [0.25, 0.3) is 0 Å². The smallest absolute Gasteiger partial charge is 0.328 e. The second kappa shape index (κ2) is 33.1. The summed E-state index contributed by atoms with van der Waals surface area (Å²) in [6.45, 7) is 18.4. The lowest BCUT2D eigenvalue weighted by Crippen LogP contribution is -2.03. The predicted molar refractivity (Wildman–Crippen MR) is 235 cm³/mol. The van der Waals surface area contributed by atoms with Gasteiger partial charge in [0.05, 0.1) is 6.10 Å². The molecular weight excluding hydrogens is 665 g/mol. The second-order valence-corrected chi connectivity index (χ2v) is 14.2. The molecule has 0 aliphatic rings. The van der Waals surface area contributed by atoms with Crippen molar-refractivity contribution < 1.29 is 19.8 Å². The summed E-state index contributed by atoms with van der Waals surface area (Å²) in [5.41, 5.74) is 7.66. The minimum absolute atomic E-state index is 0.460. The van der Waals surface area contributed by atoms with Crippen molar-refractivity contribution in [2.75, 3.05) is 0 Å². The number of carboxylic acids is 1. The van der Waals surface area contributed by atoms with Crippen LogP contribution in [0.25, 0.3) is 0 Å². The fourth-order valence-electron chi connectivity index (χ4n) is 4.90. The van der Waals surface area contributed by atoms with Crippen molar-refractivity contribution in [2.45, 2.75) is 125 Å². The van der Waals surface area contributed by atoms with Crippen LogP contribution >= 0.6 is 0 Å². The van der Waals surface area contributed by atoms with Gasteiger partial charge in [-0.15, -0.1) is 0 Å². The van der Waals surface area contributed by atoms with E-state index < -0.39 is 12.1 Å². The van der Waals surface area contributed by atoms with Crippen molar-refractivity contribution in [2.24, 2.45) is 5.92 Å². The maximum absolute atomic E-state index is 10.7. The Bertz CT molecular complexity index is 1520. The van der Waals surface area contributed by atoms with Gasteiger partial charge in [-0.3, -0.25) is 4.79 Å². The molecule has 0 unspecified atom stereocenters. The SMILES string of the molecule is C=C(C=O)C/C=C/[C@H](O)/C(C)=C/C/C=C/C/C=C/C=C\C/C(C)=C/C/C(C)=C/C/C=C(\C)CC/C=C/[C@H](C)C/C=C/C/C(C)=C/C/C=C/C(C)=C\C(=O)O. The zero-order valence-corrected chi connectivity index (χ0v) is 34.5. The van der Waals surface area contributed by atoms with Gasteiger partial charge in [-0.05, 0) is 135 Å². The Morgan fingerprint density at radius 3 is 2.00 bits per heavy atom. The average Bonchev–Trinajstić information content (AvgIpc) is 3.13. The van der Waals surface area contributed by atoms with Crippen LogP contribution in [0.3, 0.4) is 0 Å². The van der Waals surface area contributed by atoms with Gasteiger partial charge < -0.3 is 10.2 Å². The number of hydrogen-bond acceptors (Lipinski definition) is 3. The summed E-state index contributed by atoms with van der Waals surface area (Å²) in [6, 6.07) is 0. The maximum atomic E-state index is 10.7. The molecule has 0 aromatic carbocycles. The number of hydrogen-bond donors (Lipinski definition) is 2. The standard InChI is InChI=1S/C50H70O4/c1-41(26-17-18-27-42(2)29-21-22-31-46(6)39-50(53)54)28-19-20-30-43(3)32-23-33-45(5)38-37-44(4)25-15-13-11-9-10-12-14-16-35-48(8)49(52)36-24-34-47(7)40-51/h9,11-15,17-19,22,24,28-29,31-33,35-37,39-41,49,52H,7,10,16,20-21,23,25-27,30,34,38H2,1-6,8H3,(H,53,54)/b11-9+,14-12+,15-13-,18-17+,28-19+,31-22+,36-24+,42-29+,43-32+,44-37+,45-33+,46-39-,48-35+/t41-,49+/m1/s1. The maximum Gasteiger partial charge on any atom is 0.328 e. The molecule has 0 aliphatic heterocycles. The Kier molecular flexibility index (Phi) is 30.3. The van der Waals surface area contributed by atoms with Crippen LogP contribution in [-0.2, 0) is 9.59 Å². The third kappa shape index (κ3) is 32.1. The lowest BCUT2D eigenvalue weighted by molar-refractivity contribution is -0.131. The Hall–Kier alpha value is -4.54. The molecule has 4 heteroatoms. The molecule has 0 aliphatic carbocycles. The van der Waals surface area contributed by atoms with Gasteiger partial charge >= 0.3 is 5.97 Å². The van der Waals surface area contributed by atoms with Crippen molar-refractivity contribution in [3.8, 4) is 0 Å². The highest BCUT2D eigenvalue weighted by molar-refractivity contribution is 5.81. The fourth-order valence-corrected chi connectivity index (χ4v) is 4.90. The van der Waals surface area contributed by atoms with E-state index in [4.69, 9.17) is 5.11 Å². The highest BCUT2D eigenvalue weighted by Gasteiger charge is 2.00. The molecule has 0 amide bonds. The molecule has 0 radical (unpaired) electrons. The molecule has 0 bridgehead atoms. The Balaban J connectivity index is 4.30. The van der Waals surface area contributed by atoms with Gasteiger partial charge in [0.15, 0.2) is 0 Å². The van der Waals surface area contributed by atoms with E-state index >= 15 is 0 Å². The molecule has 0 aromatic rings. The quantitative estimate of drug-likeness (QED) is 0.0363. The van der Waals surface area contributed by atoms with Crippen molar-refractivity contribution >= 4 is 12.3 Å². The van der Waals surface area contributed by atoms with Crippen LogP contribution in [0.5, 0.6) is 0 Å². The first-order valence-electron chi connectivity index (χ1n) is 19.5. The van der Waals surface area contributed by atoms with Gasteiger partial charge in [0, 0.05) is 6.08 Å². The van der Waals surface area contributed by atoms with Crippen molar-refractivity contribution in [1.29, 1.82) is 0 Å². The van der Waals surface area contributed by atoms with E-state index in [0.29, 0.717) is 17.9 Å². The minimum Gasteiger partial charge on any atom is -0.478 e. The summed E-state index contributed by atoms with van der Waals surface area (Å²) >= 11 is 0. The Morgan fingerprint density at radius 1 is 0.630 bits per heavy atom. The van der Waals surface area contributed by atoms with Gasteiger partial charge in [-0.2, -0.15) is 0 Å². The molecule has 2 N–H and O–H groups in total. The summed E-state index contributed by atoms with van der Waals surface area (Å²) in [5, 5.41) is 18.9. The molecule has 0 fully saturated rings. The van der Waals surface area contributed by atoms with Gasteiger partial charge in [0.1, 0.15) is 6.29 Å². The molecule has 0 saturated heterocycles. The zero-order valence-electron chi connectivity index (χ0n) is 34.5. The van der Waals surface area contributed by atoms with Crippen molar-refractivity contribution in [1.82, 2.24) is 0 Å². The first-order chi connectivity index (χ1) is 25.8. The first-order valence-corrected chi connectivity index (χ1v) is 19.5. The van der Waals surface area contributed by atoms with Gasteiger partial charge in [-0.25, -0.2) is 4.79 Å². The molecule has 2 atom stereocenters. The molecule has 0 rings (SSSR count). The molecule has 0 spiro atoms. The van der Waals surface area contributed by atoms with E-state index in [1.807, 2.05) is 25.2 Å². The summed E-state index contributed by atoms with van der Waals surface area (Å²) in [5.74, 6) is -0.391. The number of rotatable bonds is 28.